The number of hydrogen-bond donors (Lipinski definition) is 2. The summed E-state index contributed by atoms with van der Waals surface area (Å²) in [6, 6.07) is 10.3. The lowest BCUT2D eigenvalue weighted by atomic mass is 9.84. The molecule has 1 atom stereocenters. The second kappa shape index (κ2) is 5.57. The van der Waals surface area contributed by atoms with Gasteiger partial charge in [0.25, 0.3) is 5.82 Å². The zero-order valence-corrected chi connectivity index (χ0v) is 14.8. The average Bonchev–Trinajstić information content (AvgIpc) is 2.93. The lowest BCUT2D eigenvalue weighted by molar-refractivity contribution is -0.327. The molecule has 1 aromatic carbocycles. The van der Waals surface area contributed by atoms with Crippen LogP contribution in [0, 0.1) is 25.2 Å². The Balaban J connectivity index is 2.05. The van der Waals surface area contributed by atoms with Crippen LogP contribution < -0.4 is 16.0 Å². The number of nitrogens with zero attached hydrogens (tertiary/aromatic N) is 1. The summed E-state index contributed by atoms with van der Waals surface area (Å²) in [5.74, 6) is 0.355. The van der Waals surface area contributed by atoms with Gasteiger partial charge in [0.05, 0.1) is 4.70 Å². The molecule has 0 bridgehead atoms. The number of nitrogens with one attached hydrogen (secondary N) is 2. The highest BCUT2D eigenvalue weighted by Crippen LogP contribution is 2.47. The number of hydrogen-bond acceptors (Lipinski definition) is 4. The molecule has 6 heteroatoms. The van der Waals surface area contributed by atoms with E-state index in [1.165, 1.54) is 11.3 Å². The maximum absolute atomic E-state index is 12.3. The van der Waals surface area contributed by atoms with Gasteiger partial charge in [-0.3, -0.25) is 10.5 Å². The summed E-state index contributed by atoms with van der Waals surface area (Å²) in [7, 11) is 0. The fraction of sp³-hybridized carbons (Fsp3) is 0.211. The average molecular weight is 349 g/mol. The zero-order valence-electron chi connectivity index (χ0n) is 13.9. The van der Waals surface area contributed by atoms with Gasteiger partial charge in [-0.2, -0.15) is 5.26 Å². The van der Waals surface area contributed by atoms with Crippen molar-refractivity contribution in [3.05, 3.63) is 52.1 Å². The van der Waals surface area contributed by atoms with E-state index in [0.717, 1.165) is 37.5 Å². The second-order valence-electron chi connectivity index (χ2n) is 6.36. The van der Waals surface area contributed by atoms with Gasteiger partial charge in [-0.25, -0.2) is 4.98 Å². The normalized spacial score (nSPS) is 16.4. The number of aryl methyl sites for hydroxylation is 2. The van der Waals surface area contributed by atoms with Crippen molar-refractivity contribution < 1.29 is 9.78 Å². The number of rotatable bonds is 1. The van der Waals surface area contributed by atoms with Crippen LogP contribution in [0.5, 0.6) is 0 Å². The zero-order chi connectivity index (χ0) is 17.7. The molecule has 0 aliphatic carbocycles. The Morgan fingerprint density at radius 1 is 1.36 bits per heavy atom. The molecular weight excluding hydrogens is 332 g/mol. The lowest BCUT2D eigenvalue weighted by Crippen LogP contribution is -2.24. The van der Waals surface area contributed by atoms with E-state index in [-0.39, 0.29) is 11.8 Å². The first-order valence-corrected chi connectivity index (χ1v) is 8.86. The number of amides is 1. The third-order valence-corrected chi connectivity index (χ3v) is 6.10. The Labute approximate surface area is 149 Å². The monoisotopic (exact) mass is 349 g/mol. The minimum atomic E-state index is -0.0262. The third kappa shape index (κ3) is 2.28. The maximum atomic E-state index is 12.3. The predicted octanol–water partition coefficient (Wildman–Crippen LogP) is 3.26. The smallest absolute Gasteiger partial charge is 0.289 e. The van der Waals surface area contributed by atoms with Crippen molar-refractivity contribution in [2.75, 3.05) is 11.1 Å². The predicted molar refractivity (Wildman–Crippen MR) is 98.5 cm³/mol. The molecule has 0 saturated carbocycles. The van der Waals surface area contributed by atoms with Crippen LogP contribution in [0.3, 0.4) is 0 Å². The van der Waals surface area contributed by atoms with Gasteiger partial charge in [-0.05, 0) is 30.5 Å². The Bertz CT molecular complexity index is 1080. The molecule has 1 aliphatic rings. The molecule has 25 heavy (non-hydrogen) atoms. The van der Waals surface area contributed by atoms with Gasteiger partial charge < -0.3 is 5.32 Å². The first-order valence-electron chi connectivity index (χ1n) is 8.04. The molecule has 1 amide bonds. The van der Waals surface area contributed by atoms with Gasteiger partial charge in [0.2, 0.25) is 5.91 Å². The highest BCUT2D eigenvalue weighted by molar-refractivity contribution is 7.23. The first-order chi connectivity index (χ1) is 12.0. The van der Waals surface area contributed by atoms with Gasteiger partial charge in [0.1, 0.15) is 22.2 Å². The standard InChI is InChI=1S/C19H16N4OS/c1-9-5-3-4-6-11(9)12-7-14(24)22-19-15(12)16-17(25-19)10(2)13(8-20)18(21)23-16/h3-6,12H,7H2,1-2H3,(H2,21,23)(H,22,24)/p+1/t12-/m1/s1. The van der Waals surface area contributed by atoms with E-state index >= 15 is 0 Å². The van der Waals surface area contributed by atoms with Crippen molar-refractivity contribution in [1.29, 1.82) is 5.26 Å². The molecule has 0 saturated heterocycles. The van der Waals surface area contributed by atoms with E-state index in [1.807, 2.05) is 19.1 Å². The molecule has 0 unspecified atom stereocenters. The summed E-state index contributed by atoms with van der Waals surface area (Å²) in [5, 5.41) is 13.2. The number of benzene rings is 1. The fourth-order valence-corrected chi connectivity index (χ4v) is 4.86. The summed E-state index contributed by atoms with van der Waals surface area (Å²) in [6.07, 6.45) is 0.399. The Kier molecular flexibility index (Phi) is 3.48. The molecule has 4 N–H and O–H groups in total. The SMILES string of the molecule is Cc1ccccc1[C@H]1CC(=O)Nc2sc3c(C)c(C#N)c(N)[nH+]c3c21. The third-order valence-electron chi connectivity index (χ3n) is 4.86. The number of carbonyl (C=O) groups excluding carboxylic acids is 1. The number of thiophene rings is 1. The Morgan fingerprint density at radius 2 is 2.12 bits per heavy atom. The van der Waals surface area contributed by atoms with Gasteiger partial charge >= 0.3 is 0 Å². The number of H-pyrrole nitrogens is 1. The maximum Gasteiger partial charge on any atom is 0.289 e. The second-order valence-corrected chi connectivity index (χ2v) is 7.38. The van der Waals surface area contributed by atoms with Crippen LogP contribution in [0.15, 0.2) is 24.3 Å². The first kappa shape index (κ1) is 15.6. The number of nitriles is 1. The van der Waals surface area contributed by atoms with E-state index in [4.69, 9.17) is 5.73 Å². The van der Waals surface area contributed by atoms with E-state index in [1.54, 1.807) is 0 Å². The number of nitrogens with two attached hydrogens (primary N) is 1. The Morgan fingerprint density at radius 3 is 2.84 bits per heavy atom. The quantitative estimate of drug-likeness (QED) is 0.706. The van der Waals surface area contributed by atoms with Crippen molar-refractivity contribution >= 4 is 38.3 Å². The van der Waals surface area contributed by atoms with Crippen LogP contribution in [-0.4, -0.2) is 5.91 Å². The summed E-state index contributed by atoms with van der Waals surface area (Å²) in [5.41, 5.74) is 11.7. The molecule has 2 aromatic heterocycles. The van der Waals surface area contributed by atoms with Crippen molar-refractivity contribution in [1.82, 2.24) is 0 Å². The number of carbonyl (C=O) groups is 1. The number of aromatic amines is 1. The molecule has 5 nitrogen and oxygen atoms in total. The lowest BCUT2D eigenvalue weighted by Gasteiger charge is -2.24. The van der Waals surface area contributed by atoms with Gasteiger partial charge in [-0.1, -0.05) is 24.3 Å². The van der Waals surface area contributed by atoms with Crippen molar-refractivity contribution in [2.45, 2.75) is 26.2 Å². The summed E-state index contributed by atoms with van der Waals surface area (Å²) < 4.78 is 0.969. The molecule has 1 aliphatic heterocycles. The minimum absolute atomic E-state index is 0.0124. The van der Waals surface area contributed by atoms with Crippen molar-refractivity contribution in [2.24, 2.45) is 0 Å². The number of aromatic nitrogens is 1. The minimum Gasteiger partial charge on any atom is -0.317 e. The highest BCUT2D eigenvalue weighted by atomic mass is 32.1. The Hall–Kier alpha value is -2.91. The largest absolute Gasteiger partial charge is 0.317 e. The van der Waals surface area contributed by atoms with Gasteiger partial charge in [-0.15, -0.1) is 11.3 Å². The van der Waals surface area contributed by atoms with E-state index in [9.17, 15) is 10.1 Å². The van der Waals surface area contributed by atoms with Crippen LogP contribution in [0.25, 0.3) is 10.2 Å². The van der Waals surface area contributed by atoms with Gasteiger partial charge in [0, 0.05) is 17.9 Å². The highest BCUT2D eigenvalue weighted by Gasteiger charge is 2.34. The molecule has 3 heterocycles. The van der Waals surface area contributed by atoms with Crippen molar-refractivity contribution in [3.8, 4) is 6.07 Å². The number of fused-ring (bicyclic) bond motifs is 3. The molecule has 4 rings (SSSR count). The fourth-order valence-electron chi connectivity index (χ4n) is 3.62. The topological polar surface area (TPSA) is 93.0 Å². The van der Waals surface area contributed by atoms with Gasteiger partial charge in [0.15, 0.2) is 0 Å². The van der Waals surface area contributed by atoms with E-state index in [2.05, 4.69) is 35.4 Å². The molecule has 3 aromatic rings. The molecule has 0 radical (unpaired) electrons. The number of nitrogen functional groups attached to an aromatic ring is 1. The van der Waals surface area contributed by atoms with E-state index in [0.29, 0.717) is 17.8 Å². The van der Waals surface area contributed by atoms with Crippen molar-refractivity contribution in [3.63, 3.8) is 0 Å². The summed E-state index contributed by atoms with van der Waals surface area (Å²) in [4.78, 5) is 15.5. The van der Waals surface area contributed by atoms with Crippen LogP contribution in [0.2, 0.25) is 0 Å². The molecule has 0 fully saturated rings. The van der Waals surface area contributed by atoms with E-state index < -0.39 is 0 Å². The van der Waals surface area contributed by atoms with Crippen LogP contribution in [0.1, 0.15) is 40.2 Å². The van der Waals surface area contributed by atoms with Crippen LogP contribution >= 0.6 is 11.3 Å². The van der Waals surface area contributed by atoms with Crippen LogP contribution in [-0.2, 0) is 4.79 Å². The van der Waals surface area contributed by atoms with Crippen LogP contribution in [0.4, 0.5) is 10.8 Å². The summed E-state index contributed by atoms with van der Waals surface area (Å²) in [6.45, 7) is 3.96. The number of anilines is 2. The summed E-state index contributed by atoms with van der Waals surface area (Å²) >= 11 is 1.50. The molecule has 0 spiro atoms. The molecular formula is C19H17N4OS+. The molecule has 124 valence electrons. The number of pyridine rings is 1.